The zero-order chi connectivity index (χ0) is 12.0. The molecule has 5 heteroatoms. The average molecular weight is 235 g/mol. The van der Waals surface area contributed by atoms with Gasteiger partial charge >= 0.3 is 6.03 Å². The Morgan fingerprint density at radius 1 is 1.33 bits per heavy atom. The first kappa shape index (κ1) is 14.2. The van der Waals surface area contributed by atoms with Crippen LogP contribution in [0.4, 0.5) is 4.79 Å². The molecule has 0 rings (SSSR count). The Morgan fingerprint density at radius 2 is 1.87 bits per heavy atom. The lowest BCUT2D eigenvalue weighted by atomic mass is 10.2. The predicted octanol–water partition coefficient (Wildman–Crippen LogP) is 1.97. The topological polar surface area (TPSA) is 49.4 Å². The van der Waals surface area contributed by atoms with Gasteiger partial charge in [0, 0.05) is 12.6 Å². The van der Waals surface area contributed by atoms with Crippen LogP contribution in [-0.4, -0.2) is 34.8 Å². The molecular weight excluding hydrogens is 216 g/mol. The van der Waals surface area contributed by atoms with E-state index in [1.165, 1.54) is 6.92 Å². The van der Waals surface area contributed by atoms with E-state index in [2.05, 4.69) is 5.32 Å². The molecule has 15 heavy (non-hydrogen) atoms. The quantitative estimate of drug-likeness (QED) is 0.757. The van der Waals surface area contributed by atoms with Gasteiger partial charge in [0.25, 0.3) is 0 Å². The lowest BCUT2D eigenvalue weighted by Gasteiger charge is -2.27. The van der Waals surface area contributed by atoms with Crippen LogP contribution in [0.2, 0.25) is 0 Å². The molecule has 2 unspecified atom stereocenters. The fraction of sp³-hybridized carbons (Fsp3) is 0.800. The summed E-state index contributed by atoms with van der Waals surface area (Å²) in [7, 11) is 0. The van der Waals surface area contributed by atoms with E-state index in [1.807, 2.05) is 20.8 Å². The molecule has 0 saturated carbocycles. The van der Waals surface area contributed by atoms with E-state index >= 15 is 0 Å². The molecule has 0 spiro atoms. The molecule has 1 N–H and O–H groups in total. The molecule has 0 aromatic carbocycles. The van der Waals surface area contributed by atoms with E-state index in [0.717, 1.165) is 6.42 Å². The summed E-state index contributed by atoms with van der Waals surface area (Å²) < 4.78 is 0. The predicted molar refractivity (Wildman–Crippen MR) is 61.0 cm³/mol. The summed E-state index contributed by atoms with van der Waals surface area (Å²) in [5.41, 5.74) is 0. The molecule has 2 atom stereocenters. The van der Waals surface area contributed by atoms with Crippen LogP contribution in [-0.2, 0) is 4.79 Å². The van der Waals surface area contributed by atoms with Crippen molar-refractivity contribution in [3.63, 3.8) is 0 Å². The second-order valence-corrected chi connectivity index (χ2v) is 4.11. The molecule has 4 nitrogen and oxygen atoms in total. The van der Waals surface area contributed by atoms with Crippen LogP contribution in [0.15, 0.2) is 0 Å². The number of imide groups is 1. The van der Waals surface area contributed by atoms with Gasteiger partial charge in [0.05, 0.1) is 0 Å². The number of carbonyl (C=O) groups is 2. The van der Waals surface area contributed by atoms with Gasteiger partial charge in [0.15, 0.2) is 0 Å². The molecule has 0 fully saturated rings. The number of nitrogens with one attached hydrogen (secondary N) is 1. The number of amides is 3. The highest BCUT2D eigenvalue weighted by Gasteiger charge is 2.20. The molecule has 0 bridgehead atoms. The number of halogens is 1. The number of carbonyl (C=O) groups excluding carboxylic acids is 2. The lowest BCUT2D eigenvalue weighted by Crippen LogP contribution is -2.48. The minimum atomic E-state index is -0.690. The smallest absolute Gasteiger partial charge is 0.322 e. The van der Waals surface area contributed by atoms with Crippen molar-refractivity contribution in [2.45, 2.75) is 45.5 Å². The molecule has 3 amide bonds. The molecule has 0 aromatic rings. The average Bonchev–Trinajstić information content (AvgIpc) is 2.18. The second-order valence-electron chi connectivity index (χ2n) is 3.45. The second kappa shape index (κ2) is 6.67. The van der Waals surface area contributed by atoms with Gasteiger partial charge in [-0.3, -0.25) is 10.1 Å². The fourth-order valence-electron chi connectivity index (χ4n) is 1.15. The molecule has 0 aliphatic heterocycles. The van der Waals surface area contributed by atoms with Gasteiger partial charge in [0.2, 0.25) is 5.91 Å². The normalized spacial score (nSPS) is 14.2. The summed E-state index contributed by atoms with van der Waals surface area (Å²) in [6.45, 7) is 7.92. The number of nitrogens with zero attached hydrogens (tertiary/aromatic N) is 1. The maximum Gasteiger partial charge on any atom is 0.324 e. The monoisotopic (exact) mass is 234 g/mol. The summed E-state index contributed by atoms with van der Waals surface area (Å²) >= 11 is 5.55. The Labute approximate surface area is 96.0 Å². The SMILES string of the molecule is CCC(C)N(CC)C(=O)NC(=O)C(C)Cl. The van der Waals surface area contributed by atoms with Crippen LogP contribution in [0.5, 0.6) is 0 Å². The van der Waals surface area contributed by atoms with E-state index in [9.17, 15) is 9.59 Å². The highest BCUT2D eigenvalue weighted by molar-refractivity contribution is 6.31. The van der Waals surface area contributed by atoms with Gasteiger partial charge in [0.1, 0.15) is 5.38 Å². The number of alkyl halides is 1. The molecule has 0 aliphatic rings. The zero-order valence-corrected chi connectivity index (χ0v) is 10.5. The molecule has 88 valence electrons. The van der Waals surface area contributed by atoms with E-state index in [4.69, 9.17) is 11.6 Å². The first-order chi connectivity index (χ1) is 6.93. The van der Waals surface area contributed by atoms with Crippen molar-refractivity contribution < 1.29 is 9.59 Å². The van der Waals surface area contributed by atoms with Crippen LogP contribution in [0.25, 0.3) is 0 Å². The highest BCUT2D eigenvalue weighted by atomic mass is 35.5. The van der Waals surface area contributed by atoms with Crippen molar-refractivity contribution >= 4 is 23.5 Å². The van der Waals surface area contributed by atoms with Crippen LogP contribution < -0.4 is 5.32 Å². The maximum atomic E-state index is 11.6. The van der Waals surface area contributed by atoms with E-state index in [0.29, 0.717) is 6.54 Å². The minimum absolute atomic E-state index is 0.119. The Bertz CT molecular complexity index is 231. The van der Waals surface area contributed by atoms with Gasteiger partial charge in [-0.2, -0.15) is 0 Å². The van der Waals surface area contributed by atoms with Crippen molar-refractivity contribution in [3.8, 4) is 0 Å². The fourth-order valence-corrected chi connectivity index (χ4v) is 1.21. The lowest BCUT2D eigenvalue weighted by molar-refractivity contribution is -0.119. The Hall–Kier alpha value is -0.770. The van der Waals surface area contributed by atoms with Gasteiger partial charge in [-0.1, -0.05) is 6.92 Å². The van der Waals surface area contributed by atoms with Crippen molar-refractivity contribution in [2.24, 2.45) is 0 Å². The molecular formula is C10H19ClN2O2. The molecule has 0 saturated heterocycles. The van der Waals surface area contributed by atoms with Crippen LogP contribution in [0.1, 0.15) is 34.1 Å². The third kappa shape index (κ3) is 4.51. The third-order valence-electron chi connectivity index (χ3n) is 2.32. The summed E-state index contributed by atoms with van der Waals surface area (Å²) in [6, 6.07) is -0.252. The minimum Gasteiger partial charge on any atom is -0.322 e. The number of rotatable bonds is 4. The van der Waals surface area contributed by atoms with Crippen LogP contribution in [0, 0.1) is 0 Å². The van der Waals surface area contributed by atoms with Crippen molar-refractivity contribution in [2.75, 3.05) is 6.54 Å². The summed E-state index contributed by atoms with van der Waals surface area (Å²) in [5, 5.41) is 1.57. The number of urea groups is 1. The van der Waals surface area contributed by atoms with Crippen LogP contribution >= 0.6 is 11.6 Å². The van der Waals surface area contributed by atoms with E-state index in [-0.39, 0.29) is 12.1 Å². The first-order valence-electron chi connectivity index (χ1n) is 5.19. The Kier molecular flexibility index (Phi) is 6.32. The molecule has 0 radical (unpaired) electrons. The highest BCUT2D eigenvalue weighted by Crippen LogP contribution is 2.03. The maximum absolute atomic E-state index is 11.6. The van der Waals surface area contributed by atoms with Gasteiger partial charge in [-0.15, -0.1) is 11.6 Å². The van der Waals surface area contributed by atoms with Crippen molar-refractivity contribution in [3.05, 3.63) is 0 Å². The largest absolute Gasteiger partial charge is 0.324 e. The standard InChI is InChI=1S/C10H19ClN2O2/c1-5-7(3)13(6-2)10(15)12-9(14)8(4)11/h7-8H,5-6H2,1-4H3,(H,12,14,15). The summed E-state index contributed by atoms with van der Waals surface area (Å²) in [4.78, 5) is 24.4. The van der Waals surface area contributed by atoms with E-state index in [1.54, 1.807) is 4.90 Å². The van der Waals surface area contributed by atoms with Crippen molar-refractivity contribution in [1.82, 2.24) is 10.2 Å². The van der Waals surface area contributed by atoms with Gasteiger partial charge in [-0.05, 0) is 27.2 Å². The first-order valence-corrected chi connectivity index (χ1v) is 5.63. The number of hydrogen-bond donors (Lipinski definition) is 1. The third-order valence-corrected chi connectivity index (χ3v) is 2.51. The van der Waals surface area contributed by atoms with E-state index < -0.39 is 11.3 Å². The Balaban J connectivity index is 4.34. The molecule has 0 aliphatic carbocycles. The van der Waals surface area contributed by atoms with Gasteiger partial charge in [-0.25, -0.2) is 4.79 Å². The zero-order valence-electron chi connectivity index (χ0n) is 9.71. The molecule has 0 heterocycles. The number of hydrogen-bond acceptors (Lipinski definition) is 2. The van der Waals surface area contributed by atoms with Crippen molar-refractivity contribution in [1.29, 1.82) is 0 Å². The van der Waals surface area contributed by atoms with Gasteiger partial charge < -0.3 is 4.90 Å². The Morgan fingerprint density at radius 3 is 2.20 bits per heavy atom. The van der Waals surface area contributed by atoms with Crippen LogP contribution in [0.3, 0.4) is 0 Å². The summed E-state index contributed by atoms with van der Waals surface area (Å²) in [5.74, 6) is -0.455. The summed E-state index contributed by atoms with van der Waals surface area (Å²) in [6.07, 6.45) is 0.853. The molecule has 0 aromatic heterocycles.